The number of hydrogen-bond donors (Lipinski definition) is 1. The third-order valence-electron chi connectivity index (χ3n) is 2.41. The molecule has 3 heteroatoms. The van der Waals surface area contributed by atoms with Gasteiger partial charge in [-0.3, -0.25) is 4.79 Å². The zero-order chi connectivity index (χ0) is 7.14. The van der Waals surface area contributed by atoms with Gasteiger partial charge in [-0.25, -0.2) is 0 Å². The van der Waals surface area contributed by atoms with Gasteiger partial charge >= 0.3 is 5.97 Å². The molecule has 0 bridgehead atoms. The molecule has 1 aliphatic heterocycles. The van der Waals surface area contributed by atoms with Crippen LogP contribution in [0.1, 0.15) is 12.8 Å². The SMILES string of the molecule is O=C1OC[C@H]2C[C@@H](O)C[C@@H]12. The molecule has 10 heavy (non-hydrogen) atoms. The highest BCUT2D eigenvalue weighted by Gasteiger charge is 2.43. The molecular formula is C7H10O3. The maximum absolute atomic E-state index is 10.9. The summed E-state index contributed by atoms with van der Waals surface area (Å²) in [5, 5.41) is 9.14. The zero-order valence-electron chi connectivity index (χ0n) is 5.62. The predicted molar refractivity (Wildman–Crippen MR) is 33.2 cm³/mol. The van der Waals surface area contributed by atoms with E-state index in [1.165, 1.54) is 0 Å². The average Bonchev–Trinajstić information content (AvgIpc) is 2.35. The van der Waals surface area contributed by atoms with Gasteiger partial charge < -0.3 is 9.84 Å². The molecule has 56 valence electrons. The Morgan fingerprint density at radius 1 is 1.50 bits per heavy atom. The first-order valence-electron chi connectivity index (χ1n) is 3.62. The lowest BCUT2D eigenvalue weighted by molar-refractivity contribution is -0.141. The van der Waals surface area contributed by atoms with Crippen molar-refractivity contribution in [3.63, 3.8) is 0 Å². The van der Waals surface area contributed by atoms with E-state index < -0.39 is 0 Å². The molecule has 0 aromatic heterocycles. The van der Waals surface area contributed by atoms with Crippen molar-refractivity contribution in [3.8, 4) is 0 Å². The van der Waals surface area contributed by atoms with Gasteiger partial charge in [0.1, 0.15) is 0 Å². The van der Waals surface area contributed by atoms with E-state index >= 15 is 0 Å². The number of hydrogen-bond acceptors (Lipinski definition) is 3. The minimum Gasteiger partial charge on any atom is -0.465 e. The van der Waals surface area contributed by atoms with E-state index in [0.717, 1.165) is 6.42 Å². The van der Waals surface area contributed by atoms with Crippen molar-refractivity contribution < 1.29 is 14.6 Å². The Morgan fingerprint density at radius 2 is 2.30 bits per heavy atom. The van der Waals surface area contributed by atoms with Gasteiger partial charge in [0.15, 0.2) is 0 Å². The third kappa shape index (κ3) is 0.736. The molecule has 2 fully saturated rings. The molecule has 3 nitrogen and oxygen atoms in total. The molecule has 1 aliphatic carbocycles. The first-order chi connectivity index (χ1) is 4.77. The maximum atomic E-state index is 10.9. The lowest BCUT2D eigenvalue weighted by Gasteiger charge is -2.00. The molecule has 1 N–H and O–H groups in total. The van der Waals surface area contributed by atoms with Crippen molar-refractivity contribution in [1.82, 2.24) is 0 Å². The zero-order valence-corrected chi connectivity index (χ0v) is 5.62. The Balaban J connectivity index is 2.12. The van der Waals surface area contributed by atoms with E-state index in [4.69, 9.17) is 9.84 Å². The van der Waals surface area contributed by atoms with Crippen LogP contribution in [-0.2, 0) is 9.53 Å². The number of fused-ring (bicyclic) bond motifs is 1. The monoisotopic (exact) mass is 142 g/mol. The topological polar surface area (TPSA) is 46.5 Å². The highest BCUT2D eigenvalue weighted by Crippen LogP contribution is 2.37. The van der Waals surface area contributed by atoms with E-state index in [-0.39, 0.29) is 18.0 Å². The summed E-state index contributed by atoms with van der Waals surface area (Å²) >= 11 is 0. The van der Waals surface area contributed by atoms with Crippen LogP contribution in [-0.4, -0.2) is 23.8 Å². The van der Waals surface area contributed by atoms with E-state index in [1.807, 2.05) is 0 Å². The number of aliphatic hydroxyl groups excluding tert-OH is 1. The molecular weight excluding hydrogens is 132 g/mol. The summed E-state index contributed by atoms with van der Waals surface area (Å²) in [5.41, 5.74) is 0. The lowest BCUT2D eigenvalue weighted by Crippen LogP contribution is -2.09. The van der Waals surface area contributed by atoms with Crippen LogP contribution < -0.4 is 0 Å². The van der Waals surface area contributed by atoms with Crippen molar-refractivity contribution in [2.45, 2.75) is 18.9 Å². The van der Waals surface area contributed by atoms with Gasteiger partial charge in [0, 0.05) is 5.92 Å². The summed E-state index contributed by atoms with van der Waals surface area (Å²) in [6.45, 7) is 0.528. The van der Waals surface area contributed by atoms with Crippen LogP contribution in [0.4, 0.5) is 0 Å². The number of ether oxygens (including phenoxy) is 1. The molecule has 1 saturated carbocycles. The van der Waals surface area contributed by atoms with Crippen LogP contribution in [0.5, 0.6) is 0 Å². The molecule has 0 aromatic carbocycles. The van der Waals surface area contributed by atoms with Gasteiger partial charge in [-0.2, -0.15) is 0 Å². The molecule has 0 unspecified atom stereocenters. The number of carbonyl (C=O) groups excluding carboxylic acids is 1. The van der Waals surface area contributed by atoms with Crippen molar-refractivity contribution in [1.29, 1.82) is 0 Å². The Bertz CT molecular complexity index is 166. The van der Waals surface area contributed by atoms with E-state index in [9.17, 15) is 4.79 Å². The Morgan fingerprint density at radius 3 is 3.00 bits per heavy atom. The van der Waals surface area contributed by atoms with Crippen LogP contribution in [0.15, 0.2) is 0 Å². The minimum atomic E-state index is -0.261. The molecule has 2 aliphatic rings. The second-order valence-electron chi connectivity index (χ2n) is 3.12. The van der Waals surface area contributed by atoms with Gasteiger partial charge in [-0.05, 0) is 12.8 Å². The molecule has 3 atom stereocenters. The van der Waals surface area contributed by atoms with E-state index in [2.05, 4.69) is 0 Å². The Labute approximate surface area is 59.0 Å². The fraction of sp³-hybridized carbons (Fsp3) is 0.857. The van der Waals surface area contributed by atoms with Gasteiger partial charge in [0.05, 0.1) is 18.6 Å². The second kappa shape index (κ2) is 1.95. The number of aliphatic hydroxyl groups is 1. The quantitative estimate of drug-likeness (QED) is 0.481. The second-order valence-corrected chi connectivity index (χ2v) is 3.12. The van der Waals surface area contributed by atoms with Crippen molar-refractivity contribution >= 4 is 5.97 Å². The molecule has 1 heterocycles. The summed E-state index contributed by atoms with van der Waals surface area (Å²) < 4.78 is 4.82. The van der Waals surface area contributed by atoms with Crippen molar-refractivity contribution in [2.24, 2.45) is 11.8 Å². The van der Waals surface area contributed by atoms with Gasteiger partial charge in [-0.1, -0.05) is 0 Å². The summed E-state index contributed by atoms with van der Waals surface area (Å²) in [7, 11) is 0. The summed E-state index contributed by atoms with van der Waals surface area (Å²) in [6.07, 6.45) is 1.10. The fourth-order valence-electron chi connectivity index (χ4n) is 1.86. The van der Waals surface area contributed by atoms with Crippen LogP contribution in [0, 0.1) is 11.8 Å². The summed E-state index contributed by atoms with van der Waals surface area (Å²) in [4.78, 5) is 10.9. The number of cyclic esters (lactones) is 1. The first kappa shape index (κ1) is 6.16. The lowest BCUT2D eigenvalue weighted by atomic mass is 10.0. The van der Waals surface area contributed by atoms with Gasteiger partial charge in [-0.15, -0.1) is 0 Å². The normalized spacial score (nSPS) is 45.3. The van der Waals surface area contributed by atoms with Gasteiger partial charge in [0.25, 0.3) is 0 Å². The standard InChI is InChI=1S/C7H10O3/c8-5-1-4-3-10-7(9)6(4)2-5/h4-6,8H,1-3H2/t4-,5-,6-/m1/s1. The summed E-state index contributed by atoms with van der Waals surface area (Å²) in [6, 6.07) is 0. The molecule has 0 amide bonds. The molecule has 0 aromatic rings. The highest BCUT2D eigenvalue weighted by molar-refractivity contribution is 5.75. The Kier molecular flexibility index (Phi) is 1.20. The molecule has 0 radical (unpaired) electrons. The van der Waals surface area contributed by atoms with Crippen molar-refractivity contribution in [2.75, 3.05) is 6.61 Å². The number of carbonyl (C=O) groups is 1. The fourth-order valence-corrected chi connectivity index (χ4v) is 1.86. The largest absolute Gasteiger partial charge is 0.465 e. The van der Waals surface area contributed by atoms with E-state index in [1.54, 1.807) is 0 Å². The van der Waals surface area contributed by atoms with Crippen LogP contribution >= 0.6 is 0 Å². The molecule has 1 saturated heterocycles. The summed E-state index contributed by atoms with van der Waals surface area (Å²) in [5.74, 6) is 0.207. The Hall–Kier alpha value is -0.570. The van der Waals surface area contributed by atoms with Crippen LogP contribution in [0.25, 0.3) is 0 Å². The number of rotatable bonds is 0. The minimum absolute atomic E-state index is 0.00926. The third-order valence-corrected chi connectivity index (χ3v) is 2.41. The first-order valence-corrected chi connectivity index (χ1v) is 3.62. The van der Waals surface area contributed by atoms with Gasteiger partial charge in [0.2, 0.25) is 0 Å². The highest BCUT2D eigenvalue weighted by atomic mass is 16.5. The average molecular weight is 142 g/mol. The van der Waals surface area contributed by atoms with E-state index in [0.29, 0.717) is 18.9 Å². The predicted octanol–water partition coefficient (Wildman–Crippen LogP) is -0.0697. The molecule has 0 spiro atoms. The molecule has 2 rings (SSSR count). The van der Waals surface area contributed by atoms with Crippen LogP contribution in [0.3, 0.4) is 0 Å². The smallest absolute Gasteiger partial charge is 0.309 e. The maximum Gasteiger partial charge on any atom is 0.309 e. The number of esters is 1. The van der Waals surface area contributed by atoms with Crippen LogP contribution in [0.2, 0.25) is 0 Å². The van der Waals surface area contributed by atoms with Crippen molar-refractivity contribution in [3.05, 3.63) is 0 Å².